The fourth-order valence-electron chi connectivity index (χ4n) is 4.78. The molecule has 0 unspecified atom stereocenters. The molecule has 204 valence electrons. The van der Waals surface area contributed by atoms with Gasteiger partial charge in [0, 0.05) is 5.56 Å². The molecule has 0 saturated heterocycles. The molecule has 0 aliphatic heterocycles. The van der Waals surface area contributed by atoms with Crippen LogP contribution < -0.4 is 32.9 Å². The molecule has 0 spiro atoms. The van der Waals surface area contributed by atoms with E-state index in [2.05, 4.69) is 36.4 Å². The Morgan fingerprint density at radius 2 is 1.20 bits per heavy atom. The molecule has 0 aliphatic carbocycles. The standard InChI is InChI=1S/C32H25F3O3P.BrH/c1-37-31(36)28-21-29(23-17-19-24(20-18-23)32(33,34)35)38-30(28)22-39(25-11-5-2-6-12-25,26-13-7-3-8-14-26)27-15-9-4-10-16-27;/h2-21H,22H2,1H3;1H/q+1;/p-1. The van der Waals surface area contributed by atoms with E-state index in [0.717, 1.165) is 28.0 Å². The minimum atomic E-state index is -4.45. The van der Waals surface area contributed by atoms with Crippen LogP contribution >= 0.6 is 7.26 Å². The summed E-state index contributed by atoms with van der Waals surface area (Å²) in [6, 6.07) is 36.6. The molecule has 8 heteroatoms. The van der Waals surface area contributed by atoms with Gasteiger partial charge in [-0.1, -0.05) is 66.7 Å². The number of hydrogen-bond acceptors (Lipinski definition) is 3. The molecule has 40 heavy (non-hydrogen) atoms. The fraction of sp³-hybridized carbons (Fsp3) is 0.0938. The molecule has 0 atom stereocenters. The van der Waals surface area contributed by atoms with Crippen LogP contribution in [0.25, 0.3) is 11.3 Å². The zero-order valence-electron chi connectivity index (χ0n) is 21.4. The first-order valence-corrected chi connectivity index (χ1v) is 14.2. The predicted molar refractivity (Wildman–Crippen MR) is 149 cm³/mol. The van der Waals surface area contributed by atoms with Crippen LogP contribution in [0.2, 0.25) is 0 Å². The van der Waals surface area contributed by atoms with Gasteiger partial charge in [-0.15, -0.1) is 0 Å². The fourth-order valence-corrected chi connectivity index (χ4v) is 8.93. The van der Waals surface area contributed by atoms with Gasteiger partial charge in [-0.25, -0.2) is 4.79 Å². The molecular weight excluding hydrogens is 600 g/mol. The predicted octanol–water partition coefficient (Wildman–Crippen LogP) is 4.25. The number of alkyl halides is 3. The molecule has 5 rings (SSSR count). The van der Waals surface area contributed by atoms with Gasteiger partial charge < -0.3 is 26.1 Å². The number of furan rings is 1. The summed E-state index contributed by atoms with van der Waals surface area (Å²) < 4.78 is 50.8. The Labute approximate surface area is 241 Å². The lowest BCUT2D eigenvalue weighted by Crippen LogP contribution is -3.00. The normalized spacial score (nSPS) is 11.5. The van der Waals surface area contributed by atoms with E-state index >= 15 is 0 Å². The number of rotatable bonds is 7. The SMILES string of the molecule is COC(=O)c1cc(-c2ccc(C(F)(F)F)cc2)oc1C[P+](c1ccccc1)(c1ccccc1)c1ccccc1.[Br-]. The summed E-state index contributed by atoms with van der Waals surface area (Å²) in [5.41, 5.74) is -0.0737. The van der Waals surface area contributed by atoms with Crippen molar-refractivity contribution >= 4 is 29.1 Å². The first-order valence-electron chi connectivity index (χ1n) is 12.3. The average Bonchev–Trinajstić information content (AvgIpc) is 3.40. The van der Waals surface area contributed by atoms with Crippen LogP contribution in [-0.2, 0) is 17.1 Å². The molecule has 0 N–H and O–H groups in total. The first-order chi connectivity index (χ1) is 18.8. The molecular formula is C32H25BrF3O3P. The molecule has 4 aromatic carbocycles. The van der Waals surface area contributed by atoms with Crippen molar-refractivity contribution in [2.24, 2.45) is 0 Å². The van der Waals surface area contributed by atoms with E-state index in [1.54, 1.807) is 6.07 Å². The van der Waals surface area contributed by atoms with E-state index in [4.69, 9.17) is 9.15 Å². The van der Waals surface area contributed by atoms with Crippen molar-refractivity contribution < 1.29 is 44.1 Å². The highest BCUT2D eigenvalue weighted by atomic mass is 79.9. The second-order valence-corrected chi connectivity index (χ2v) is 12.5. The number of carbonyl (C=O) groups is 1. The monoisotopic (exact) mass is 624 g/mol. The summed E-state index contributed by atoms with van der Waals surface area (Å²) in [6.07, 6.45) is -4.08. The van der Waals surface area contributed by atoms with Crippen molar-refractivity contribution in [3.8, 4) is 11.3 Å². The third kappa shape index (κ3) is 5.77. The lowest BCUT2D eigenvalue weighted by atomic mass is 10.1. The van der Waals surface area contributed by atoms with Crippen LogP contribution in [0, 0.1) is 0 Å². The van der Waals surface area contributed by atoms with Gasteiger partial charge in [0.15, 0.2) is 5.76 Å². The van der Waals surface area contributed by atoms with E-state index in [9.17, 15) is 18.0 Å². The van der Waals surface area contributed by atoms with Crippen LogP contribution in [0.4, 0.5) is 13.2 Å². The van der Waals surface area contributed by atoms with Crippen LogP contribution in [0.5, 0.6) is 0 Å². The van der Waals surface area contributed by atoms with Gasteiger partial charge in [-0.3, -0.25) is 0 Å². The summed E-state index contributed by atoms with van der Waals surface area (Å²) >= 11 is 0. The van der Waals surface area contributed by atoms with Crippen molar-refractivity contribution in [2.45, 2.75) is 12.3 Å². The Morgan fingerprint density at radius 3 is 1.60 bits per heavy atom. The summed E-state index contributed by atoms with van der Waals surface area (Å²) in [6.45, 7) is 0. The summed E-state index contributed by atoms with van der Waals surface area (Å²) in [5.74, 6) is 0.146. The number of ether oxygens (including phenoxy) is 1. The Hall–Kier alpha value is -3.67. The molecule has 0 saturated carbocycles. The molecule has 0 radical (unpaired) electrons. The molecule has 1 heterocycles. The van der Waals surface area contributed by atoms with E-state index < -0.39 is 25.0 Å². The second kappa shape index (κ2) is 12.2. The van der Waals surface area contributed by atoms with Gasteiger partial charge in [0.1, 0.15) is 40.7 Å². The van der Waals surface area contributed by atoms with Crippen molar-refractivity contribution in [3.63, 3.8) is 0 Å². The molecule has 1 aromatic heterocycles. The van der Waals surface area contributed by atoms with Crippen LogP contribution in [0.1, 0.15) is 21.7 Å². The molecule has 3 nitrogen and oxygen atoms in total. The van der Waals surface area contributed by atoms with Gasteiger partial charge >= 0.3 is 12.1 Å². The lowest BCUT2D eigenvalue weighted by Gasteiger charge is -2.27. The second-order valence-electron chi connectivity index (χ2n) is 8.99. The molecule has 5 aromatic rings. The summed E-state index contributed by atoms with van der Waals surface area (Å²) in [7, 11) is -1.11. The third-order valence-electron chi connectivity index (χ3n) is 6.68. The highest BCUT2D eigenvalue weighted by Crippen LogP contribution is 2.58. The maximum atomic E-state index is 13.1. The van der Waals surface area contributed by atoms with Crippen LogP contribution in [0.15, 0.2) is 126 Å². The van der Waals surface area contributed by atoms with E-state index in [0.29, 0.717) is 23.2 Å². The Morgan fingerprint density at radius 1 is 0.750 bits per heavy atom. The zero-order valence-corrected chi connectivity index (χ0v) is 23.9. The zero-order chi connectivity index (χ0) is 27.5. The Bertz CT molecular complexity index is 1460. The number of halogens is 4. The molecule has 0 bridgehead atoms. The maximum absolute atomic E-state index is 13.1. The number of hydrogen-bond donors (Lipinski definition) is 0. The van der Waals surface area contributed by atoms with Crippen molar-refractivity contribution in [1.29, 1.82) is 0 Å². The van der Waals surface area contributed by atoms with Crippen molar-refractivity contribution in [1.82, 2.24) is 0 Å². The van der Waals surface area contributed by atoms with Gasteiger partial charge in [-0.05, 0) is 54.6 Å². The van der Waals surface area contributed by atoms with Crippen molar-refractivity contribution in [2.75, 3.05) is 7.11 Å². The minimum Gasteiger partial charge on any atom is -1.00 e. The Kier molecular flexibility index (Phi) is 8.97. The van der Waals surface area contributed by atoms with Gasteiger partial charge in [-0.2, -0.15) is 13.2 Å². The third-order valence-corrected chi connectivity index (χ3v) is 11.0. The maximum Gasteiger partial charge on any atom is 0.416 e. The van der Waals surface area contributed by atoms with Gasteiger partial charge in [0.2, 0.25) is 0 Å². The van der Waals surface area contributed by atoms with Gasteiger partial charge in [0.25, 0.3) is 0 Å². The molecule has 0 fully saturated rings. The number of benzene rings is 4. The highest BCUT2D eigenvalue weighted by Gasteiger charge is 2.47. The number of carbonyl (C=O) groups excluding carboxylic acids is 1. The first kappa shape index (κ1) is 29.3. The van der Waals surface area contributed by atoms with E-state index in [-0.39, 0.29) is 22.5 Å². The summed E-state index contributed by atoms with van der Waals surface area (Å²) in [5, 5.41) is 3.31. The number of esters is 1. The van der Waals surface area contributed by atoms with Crippen LogP contribution in [-0.4, -0.2) is 13.1 Å². The quantitative estimate of drug-likeness (QED) is 0.201. The smallest absolute Gasteiger partial charge is 0.416 e. The largest absolute Gasteiger partial charge is 1.00 e. The molecule has 0 aliphatic rings. The highest BCUT2D eigenvalue weighted by molar-refractivity contribution is 7.95. The molecule has 0 amide bonds. The van der Waals surface area contributed by atoms with Crippen LogP contribution in [0.3, 0.4) is 0 Å². The lowest BCUT2D eigenvalue weighted by molar-refractivity contribution is -0.137. The minimum absolute atomic E-state index is 0. The average molecular weight is 625 g/mol. The topological polar surface area (TPSA) is 39.4 Å². The van der Waals surface area contributed by atoms with E-state index in [1.807, 2.05) is 54.6 Å². The van der Waals surface area contributed by atoms with E-state index in [1.165, 1.54) is 19.2 Å². The summed E-state index contributed by atoms with van der Waals surface area (Å²) in [4.78, 5) is 12.9. The van der Waals surface area contributed by atoms with Gasteiger partial charge in [0.05, 0.1) is 12.7 Å². The van der Waals surface area contributed by atoms with Crippen molar-refractivity contribution in [3.05, 3.63) is 138 Å². The Balaban J connectivity index is 0.00000370. The number of methoxy groups -OCH3 is 1.